The summed E-state index contributed by atoms with van der Waals surface area (Å²) >= 11 is 2.08. The van der Waals surface area contributed by atoms with E-state index in [0.717, 1.165) is 18.9 Å². The van der Waals surface area contributed by atoms with Crippen LogP contribution in [-0.2, 0) is 0 Å². The fraction of sp³-hybridized carbons (Fsp3) is 1.00. The van der Waals surface area contributed by atoms with Gasteiger partial charge in [-0.15, -0.1) is 0 Å². The molecule has 19 heavy (non-hydrogen) atoms. The molecule has 0 amide bonds. The molecule has 0 radical (unpaired) electrons. The first-order valence-corrected chi connectivity index (χ1v) is 9.10. The van der Waals surface area contributed by atoms with Gasteiger partial charge in [0.25, 0.3) is 0 Å². The van der Waals surface area contributed by atoms with E-state index in [4.69, 9.17) is 0 Å². The van der Waals surface area contributed by atoms with Crippen molar-refractivity contribution in [2.45, 2.75) is 52.6 Å². The minimum Gasteiger partial charge on any atom is -0.393 e. The third-order valence-electron chi connectivity index (χ3n) is 4.97. The van der Waals surface area contributed by atoms with Gasteiger partial charge in [-0.25, -0.2) is 0 Å². The molecule has 112 valence electrons. The van der Waals surface area contributed by atoms with E-state index in [9.17, 15) is 5.11 Å². The predicted octanol–water partition coefficient (Wildman–Crippen LogP) is 3.25. The second kappa shape index (κ2) is 6.82. The highest BCUT2D eigenvalue weighted by atomic mass is 32.2. The minimum absolute atomic E-state index is 0.0606. The standard InChI is InChI=1S/C16H31NOS/c1-16(2,3)14-5-6-15(18)13(11-14)12-17-7-4-9-19-10-8-17/h13-15,18H,4-12H2,1-3H3. The number of aliphatic hydroxyl groups is 1. The van der Waals surface area contributed by atoms with Gasteiger partial charge in [-0.2, -0.15) is 11.8 Å². The lowest BCUT2D eigenvalue weighted by atomic mass is 9.68. The van der Waals surface area contributed by atoms with Gasteiger partial charge in [0.05, 0.1) is 6.10 Å². The topological polar surface area (TPSA) is 23.5 Å². The first-order chi connectivity index (χ1) is 8.97. The van der Waals surface area contributed by atoms with Crippen LogP contribution in [0, 0.1) is 17.3 Å². The summed E-state index contributed by atoms with van der Waals surface area (Å²) in [6, 6.07) is 0. The van der Waals surface area contributed by atoms with E-state index >= 15 is 0 Å². The fourth-order valence-electron chi connectivity index (χ4n) is 3.54. The molecule has 1 aliphatic heterocycles. The normalized spacial score (nSPS) is 35.1. The van der Waals surface area contributed by atoms with Crippen LogP contribution in [0.3, 0.4) is 0 Å². The zero-order chi connectivity index (χ0) is 13.9. The molecular weight excluding hydrogens is 254 g/mol. The molecule has 0 spiro atoms. The molecule has 1 saturated heterocycles. The molecule has 1 heterocycles. The Bertz CT molecular complexity index is 268. The van der Waals surface area contributed by atoms with Crippen LogP contribution in [0.4, 0.5) is 0 Å². The third kappa shape index (κ3) is 4.64. The largest absolute Gasteiger partial charge is 0.393 e. The first kappa shape index (κ1) is 15.7. The molecule has 3 atom stereocenters. The highest BCUT2D eigenvalue weighted by Crippen LogP contribution is 2.40. The van der Waals surface area contributed by atoms with Crippen LogP contribution < -0.4 is 0 Å². The quantitative estimate of drug-likeness (QED) is 0.842. The van der Waals surface area contributed by atoms with Crippen LogP contribution in [0.1, 0.15) is 46.5 Å². The van der Waals surface area contributed by atoms with E-state index in [0.29, 0.717) is 11.3 Å². The van der Waals surface area contributed by atoms with Crippen molar-refractivity contribution in [2.75, 3.05) is 31.1 Å². The van der Waals surface area contributed by atoms with Crippen LogP contribution in [0.15, 0.2) is 0 Å². The number of nitrogens with zero attached hydrogens (tertiary/aromatic N) is 1. The van der Waals surface area contributed by atoms with Gasteiger partial charge < -0.3 is 10.0 Å². The zero-order valence-corrected chi connectivity index (χ0v) is 13.7. The monoisotopic (exact) mass is 285 g/mol. The van der Waals surface area contributed by atoms with Crippen molar-refractivity contribution in [3.05, 3.63) is 0 Å². The maximum atomic E-state index is 10.3. The molecule has 0 bridgehead atoms. The van der Waals surface area contributed by atoms with Gasteiger partial charge in [-0.3, -0.25) is 0 Å². The van der Waals surface area contributed by atoms with Gasteiger partial charge in [-0.05, 0) is 55.2 Å². The maximum absolute atomic E-state index is 10.3. The van der Waals surface area contributed by atoms with Gasteiger partial charge in [0.15, 0.2) is 0 Å². The average molecular weight is 285 g/mol. The summed E-state index contributed by atoms with van der Waals surface area (Å²) in [6.45, 7) is 10.6. The van der Waals surface area contributed by atoms with Crippen molar-refractivity contribution >= 4 is 11.8 Å². The Morgan fingerprint density at radius 1 is 1.16 bits per heavy atom. The molecule has 2 fully saturated rings. The Morgan fingerprint density at radius 3 is 2.68 bits per heavy atom. The van der Waals surface area contributed by atoms with Crippen LogP contribution in [0.2, 0.25) is 0 Å². The van der Waals surface area contributed by atoms with E-state index in [-0.39, 0.29) is 6.10 Å². The molecule has 3 heteroatoms. The van der Waals surface area contributed by atoms with Gasteiger partial charge >= 0.3 is 0 Å². The minimum atomic E-state index is -0.0606. The molecule has 2 rings (SSSR count). The summed E-state index contributed by atoms with van der Waals surface area (Å²) < 4.78 is 0. The lowest BCUT2D eigenvalue weighted by Crippen LogP contribution is -2.42. The van der Waals surface area contributed by atoms with Crippen LogP contribution in [-0.4, -0.2) is 47.3 Å². The van der Waals surface area contributed by atoms with Gasteiger partial charge in [0.1, 0.15) is 0 Å². The molecule has 3 unspecified atom stereocenters. The highest BCUT2D eigenvalue weighted by molar-refractivity contribution is 7.99. The van der Waals surface area contributed by atoms with Crippen molar-refractivity contribution in [3.63, 3.8) is 0 Å². The molecule has 2 aliphatic rings. The van der Waals surface area contributed by atoms with Crippen molar-refractivity contribution in [3.8, 4) is 0 Å². The van der Waals surface area contributed by atoms with Gasteiger partial charge in [0, 0.05) is 18.8 Å². The fourth-order valence-corrected chi connectivity index (χ4v) is 4.47. The maximum Gasteiger partial charge on any atom is 0.0580 e. The van der Waals surface area contributed by atoms with E-state index in [2.05, 4.69) is 37.4 Å². The number of hydrogen-bond donors (Lipinski definition) is 1. The van der Waals surface area contributed by atoms with E-state index in [1.165, 1.54) is 43.9 Å². The molecule has 0 aromatic carbocycles. The Labute approximate surface area is 123 Å². The zero-order valence-electron chi connectivity index (χ0n) is 12.9. The lowest BCUT2D eigenvalue weighted by molar-refractivity contribution is 0.00425. The highest BCUT2D eigenvalue weighted by Gasteiger charge is 2.35. The van der Waals surface area contributed by atoms with Crippen molar-refractivity contribution in [1.82, 2.24) is 4.90 Å². The molecule has 1 aliphatic carbocycles. The summed E-state index contributed by atoms with van der Waals surface area (Å²) in [4.78, 5) is 2.60. The Morgan fingerprint density at radius 2 is 1.95 bits per heavy atom. The van der Waals surface area contributed by atoms with Crippen molar-refractivity contribution < 1.29 is 5.11 Å². The second-order valence-corrected chi connectivity index (χ2v) is 8.69. The number of hydrogen-bond acceptors (Lipinski definition) is 3. The summed E-state index contributed by atoms with van der Waals surface area (Å²) in [5.74, 6) is 3.86. The smallest absolute Gasteiger partial charge is 0.0580 e. The average Bonchev–Trinajstić information content (AvgIpc) is 2.59. The summed E-state index contributed by atoms with van der Waals surface area (Å²) in [5, 5.41) is 10.3. The molecule has 2 nitrogen and oxygen atoms in total. The lowest BCUT2D eigenvalue weighted by Gasteiger charge is -2.41. The second-order valence-electron chi connectivity index (χ2n) is 7.47. The van der Waals surface area contributed by atoms with Crippen LogP contribution in [0.25, 0.3) is 0 Å². The Balaban J connectivity index is 1.89. The van der Waals surface area contributed by atoms with Crippen molar-refractivity contribution in [1.29, 1.82) is 0 Å². The SMILES string of the molecule is CC(C)(C)C1CCC(O)C(CN2CCCSCC2)C1. The third-order valence-corrected chi connectivity index (χ3v) is 6.02. The molecule has 1 saturated carbocycles. The first-order valence-electron chi connectivity index (χ1n) is 7.95. The predicted molar refractivity (Wildman–Crippen MR) is 84.7 cm³/mol. The van der Waals surface area contributed by atoms with E-state index < -0.39 is 0 Å². The summed E-state index contributed by atoms with van der Waals surface area (Å²) in [7, 11) is 0. The van der Waals surface area contributed by atoms with Gasteiger partial charge in [-0.1, -0.05) is 20.8 Å². The van der Waals surface area contributed by atoms with Gasteiger partial charge in [0.2, 0.25) is 0 Å². The summed E-state index contributed by atoms with van der Waals surface area (Å²) in [6.07, 6.45) is 4.69. The van der Waals surface area contributed by atoms with Crippen LogP contribution in [0.5, 0.6) is 0 Å². The Hall–Kier alpha value is 0.270. The van der Waals surface area contributed by atoms with Crippen molar-refractivity contribution in [2.24, 2.45) is 17.3 Å². The molecule has 0 aromatic heterocycles. The number of thioether (sulfide) groups is 1. The number of rotatable bonds is 2. The van der Waals surface area contributed by atoms with E-state index in [1.807, 2.05) is 0 Å². The van der Waals surface area contributed by atoms with Crippen LogP contribution >= 0.6 is 11.8 Å². The van der Waals surface area contributed by atoms with E-state index in [1.54, 1.807) is 0 Å². The molecular formula is C16H31NOS. The molecule has 1 N–H and O–H groups in total. The number of aliphatic hydroxyl groups excluding tert-OH is 1. The molecule has 0 aromatic rings. The Kier molecular flexibility index (Phi) is 5.62. The summed E-state index contributed by atoms with van der Waals surface area (Å²) in [5.41, 5.74) is 0.396.